The van der Waals surface area contributed by atoms with Crippen LogP contribution in [0.1, 0.15) is 36.5 Å². The van der Waals surface area contributed by atoms with Crippen LogP contribution in [0.2, 0.25) is 5.02 Å². The number of halogens is 2. The van der Waals surface area contributed by atoms with Gasteiger partial charge in [0.05, 0.1) is 10.6 Å². The molecule has 0 saturated heterocycles. The van der Waals surface area contributed by atoms with Crippen molar-refractivity contribution >= 4 is 33.4 Å². The first kappa shape index (κ1) is 12.9. The van der Waals surface area contributed by atoms with Gasteiger partial charge in [0, 0.05) is 10.5 Å². The summed E-state index contributed by atoms with van der Waals surface area (Å²) in [6, 6.07) is 5.74. The molecule has 0 radical (unpaired) electrons. The van der Waals surface area contributed by atoms with Crippen molar-refractivity contribution in [3.8, 4) is 0 Å². The van der Waals surface area contributed by atoms with E-state index >= 15 is 0 Å². The Hall–Kier alpha value is -0.540. The van der Waals surface area contributed by atoms with E-state index in [1.54, 1.807) is 6.07 Å². The number of benzene rings is 1. The molecule has 0 spiro atoms. The standard InChI is InChI=1S/C13H15BrClNO/c1-2-4-8-7-11(8)16-13(17)9-5-3-6-10(14)12(9)15/h3,5-6,8,11H,2,4,7H2,1H3,(H,16,17). The van der Waals surface area contributed by atoms with Gasteiger partial charge in [-0.25, -0.2) is 0 Å². The maximum Gasteiger partial charge on any atom is 0.253 e. The molecule has 1 saturated carbocycles. The Morgan fingerprint density at radius 1 is 1.59 bits per heavy atom. The fraction of sp³-hybridized carbons (Fsp3) is 0.462. The summed E-state index contributed by atoms with van der Waals surface area (Å²) in [5.74, 6) is 0.592. The van der Waals surface area contributed by atoms with E-state index in [4.69, 9.17) is 11.6 Å². The quantitative estimate of drug-likeness (QED) is 0.893. The Morgan fingerprint density at radius 3 is 3.06 bits per heavy atom. The van der Waals surface area contributed by atoms with E-state index in [2.05, 4.69) is 28.2 Å². The molecule has 1 aromatic rings. The summed E-state index contributed by atoms with van der Waals surface area (Å²) < 4.78 is 0.757. The minimum absolute atomic E-state index is 0.0695. The Morgan fingerprint density at radius 2 is 2.35 bits per heavy atom. The molecule has 1 aliphatic rings. The molecular formula is C13H15BrClNO. The smallest absolute Gasteiger partial charge is 0.253 e. The molecule has 2 rings (SSSR count). The van der Waals surface area contributed by atoms with Crippen LogP contribution >= 0.6 is 27.5 Å². The first-order chi connectivity index (χ1) is 8.13. The largest absolute Gasteiger partial charge is 0.349 e. The normalized spacial score (nSPS) is 22.3. The van der Waals surface area contributed by atoms with E-state index in [9.17, 15) is 4.79 Å². The minimum Gasteiger partial charge on any atom is -0.349 e. The fourth-order valence-corrected chi connectivity index (χ4v) is 2.62. The first-order valence-electron chi connectivity index (χ1n) is 5.88. The fourth-order valence-electron chi connectivity index (χ4n) is 2.04. The molecule has 1 N–H and O–H groups in total. The second kappa shape index (κ2) is 5.40. The monoisotopic (exact) mass is 315 g/mol. The van der Waals surface area contributed by atoms with Crippen molar-refractivity contribution in [3.05, 3.63) is 33.3 Å². The van der Waals surface area contributed by atoms with Crippen LogP contribution in [0.3, 0.4) is 0 Å². The average molecular weight is 317 g/mol. The van der Waals surface area contributed by atoms with Crippen LogP contribution in [0.5, 0.6) is 0 Å². The van der Waals surface area contributed by atoms with Crippen LogP contribution in [0, 0.1) is 5.92 Å². The third-order valence-corrected chi connectivity index (χ3v) is 4.39. The van der Waals surface area contributed by atoms with Gasteiger partial charge in [-0.3, -0.25) is 4.79 Å². The molecule has 1 fully saturated rings. The van der Waals surface area contributed by atoms with Crippen molar-refractivity contribution in [2.45, 2.75) is 32.2 Å². The molecule has 1 aliphatic carbocycles. The molecule has 1 amide bonds. The number of carbonyl (C=O) groups is 1. The van der Waals surface area contributed by atoms with Gasteiger partial charge in [-0.15, -0.1) is 0 Å². The molecule has 2 nitrogen and oxygen atoms in total. The molecule has 2 atom stereocenters. The number of carbonyl (C=O) groups excluding carboxylic acids is 1. The zero-order chi connectivity index (χ0) is 12.4. The van der Waals surface area contributed by atoms with Gasteiger partial charge in [-0.1, -0.05) is 31.0 Å². The summed E-state index contributed by atoms with van der Waals surface area (Å²) in [7, 11) is 0. The van der Waals surface area contributed by atoms with Gasteiger partial charge in [0.15, 0.2) is 0 Å². The molecule has 1 aromatic carbocycles. The Kier molecular flexibility index (Phi) is 4.10. The van der Waals surface area contributed by atoms with E-state index in [0.29, 0.717) is 22.5 Å². The highest BCUT2D eigenvalue weighted by Gasteiger charge is 2.37. The highest BCUT2D eigenvalue weighted by atomic mass is 79.9. The molecular weight excluding hydrogens is 302 g/mol. The van der Waals surface area contributed by atoms with Crippen molar-refractivity contribution in [2.75, 3.05) is 0 Å². The molecule has 0 aliphatic heterocycles. The van der Waals surface area contributed by atoms with Crippen LogP contribution in [0.25, 0.3) is 0 Å². The maximum absolute atomic E-state index is 12.0. The first-order valence-corrected chi connectivity index (χ1v) is 7.05. The second-order valence-corrected chi connectivity index (χ2v) is 5.70. The zero-order valence-electron chi connectivity index (χ0n) is 9.67. The van der Waals surface area contributed by atoms with E-state index < -0.39 is 0 Å². The maximum atomic E-state index is 12.0. The summed E-state index contributed by atoms with van der Waals surface area (Å²) in [5.41, 5.74) is 0.545. The van der Waals surface area contributed by atoms with Crippen molar-refractivity contribution in [1.29, 1.82) is 0 Å². The molecule has 0 heterocycles. The molecule has 4 heteroatoms. The lowest BCUT2D eigenvalue weighted by Crippen LogP contribution is -2.27. The van der Waals surface area contributed by atoms with Crippen molar-refractivity contribution in [3.63, 3.8) is 0 Å². The second-order valence-electron chi connectivity index (χ2n) is 4.47. The van der Waals surface area contributed by atoms with E-state index in [0.717, 1.165) is 10.9 Å². The molecule has 0 bridgehead atoms. The Labute approximate surface area is 115 Å². The predicted molar refractivity (Wildman–Crippen MR) is 73.4 cm³/mol. The van der Waals surface area contributed by atoms with Gasteiger partial charge in [0.1, 0.15) is 0 Å². The van der Waals surface area contributed by atoms with E-state index in [1.165, 1.54) is 12.8 Å². The number of amides is 1. The van der Waals surface area contributed by atoms with Crippen molar-refractivity contribution < 1.29 is 4.79 Å². The highest BCUT2D eigenvalue weighted by molar-refractivity contribution is 9.10. The summed E-state index contributed by atoms with van der Waals surface area (Å²) >= 11 is 9.40. The third kappa shape index (κ3) is 3.02. The van der Waals surface area contributed by atoms with Crippen LogP contribution in [0.15, 0.2) is 22.7 Å². The molecule has 17 heavy (non-hydrogen) atoms. The minimum atomic E-state index is -0.0695. The van der Waals surface area contributed by atoms with Crippen molar-refractivity contribution in [2.24, 2.45) is 5.92 Å². The number of rotatable bonds is 4. The lowest BCUT2D eigenvalue weighted by molar-refractivity contribution is 0.0949. The average Bonchev–Trinajstić information content (AvgIpc) is 3.01. The molecule has 0 aromatic heterocycles. The lowest BCUT2D eigenvalue weighted by Gasteiger charge is -2.07. The van der Waals surface area contributed by atoms with Gasteiger partial charge < -0.3 is 5.32 Å². The number of nitrogens with one attached hydrogen (secondary N) is 1. The van der Waals surface area contributed by atoms with Gasteiger partial charge >= 0.3 is 0 Å². The third-order valence-electron chi connectivity index (χ3n) is 3.09. The van der Waals surface area contributed by atoms with Gasteiger partial charge in [-0.05, 0) is 46.8 Å². The molecule has 92 valence electrons. The van der Waals surface area contributed by atoms with Gasteiger partial charge in [-0.2, -0.15) is 0 Å². The SMILES string of the molecule is CCCC1CC1NC(=O)c1cccc(Br)c1Cl. The van der Waals surface area contributed by atoms with Gasteiger partial charge in [0.25, 0.3) is 5.91 Å². The summed E-state index contributed by atoms with van der Waals surface area (Å²) in [5, 5.41) is 3.51. The Balaban J connectivity index is 1.99. The topological polar surface area (TPSA) is 29.1 Å². The Bertz CT molecular complexity index is 435. The lowest BCUT2D eigenvalue weighted by atomic mass is 10.2. The summed E-state index contributed by atoms with van der Waals surface area (Å²) in [4.78, 5) is 12.0. The van der Waals surface area contributed by atoms with E-state index in [1.807, 2.05) is 12.1 Å². The van der Waals surface area contributed by atoms with Crippen LogP contribution in [-0.2, 0) is 0 Å². The van der Waals surface area contributed by atoms with Crippen molar-refractivity contribution in [1.82, 2.24) is 5.32 Å². The molecule has 2 unspecified atom stereocenters. The van der Waals surface area contributed by atoms with Crippen LogP contribution in [-0.4, -0.2) is 11.9 Å². The summed E-state index contributed by atoms with van der Waals surface area (Å²) in [6.45, 7) is 2.17. The number of hydrogen-bond acceptors (Lipinski definition) is 1. The van der Waals surface area contributed by atoms with Gasteiger partial charge in [0.2, 0.25) is 0 Å². The van der Waals surface area contributed by atoms with Crippen LogP contribution < -0.4 is 5.32 Å². The highest BCUT2D eigenvalue weighted by Crippen LogP contribution is 2.35. The summed E-state index contributed by atoms with van der Waals surface area (Å²) in [6.07, 6.45) is 3.47. The van der Waals surface area contributed by atoms with E-state index in [-0.39, 0.29) is 5.91 Å². The van der Waals surface area contributed by atoms with Crippen LogP contribution in [0.4, 0.5) is 0 Å². The predicted octanol–water partition coefficient (Wildman–Crippen LogP) is 4.02. The zero-order valence-corrected chi connectivity index (χ0v) is 12.0. The number of hydrogen-bond donors (Lipinski definition) is 1.